The van der Waals surface area contributed by atoms with Crippen molar-refractivity contribution < 1.29 is 0 Å². The molecule has 1 aromatic carbocycles. The molecule has 0 saturated carbocycles. The van der Waals surface area contributed by atoms with Crippen LogP contribution < -0.4 is 5.32 Å². The third-order valence-electron chi connectivity index (χ3n) is 4.44. The van der Waals surface area contributed by atoms with Crippen LogP contribution in [0.3, 0.4) is 0 Å². The van der Waals surface area contributed by atoms with Crippen LogP contribution in [0.1, 0.15) is 82.8 Å². The SMILES string of the molecule is CCCCCCCCC(Cc1ccc(C(C)C)cc1)NC. The predicted molar refractivity (Wildman–Crippen MR) is 95.1 cm³/mol. The molecule has 0 aliphatic carbocycles. The largest absolute Gasteiger partial charge is 0.317 e. The van der Waals surface area contributed by atoms with E-state index in [4.69, 9.17) is 0 Å². The zero-order valence-corrected chi connectivity index (χ0v) is 14.6. The molecule has 0 amide bonds. The highest BCUT2D eigenvalue weighted by Crippen LogP contribution is 2.17. The molecule has 120 valence electrons. The van der Waals surface area contributed by atoms with Gasteiger partial charge in [-0.05, 0) is 36.9 Å². The zero-order valence-electron chi connectivity index (χ0n) is 14.6. The minimum atomic E-state index is 0.626. The molecule has 1 unspecified atom stereocenters. The van der Waals surface area contributed by atoms with E-state index in [9.17, 15) is 0 Å². The molecule has 0 fully saturated rings. The number of likely N-dealkylation sites (N-methyl/N-ethyl adjacent to an activating group) is 1. The highest BCUT2D eigenvalue weighted by Gasteiger charge is 2.07. The Kier molecular flexibility index (Phi) is 9.41. The topological polar surface area (TPSA) is 12.0 Å². The number of unbranched alkanes of at least 4 members (excludes halogenated alkanes) is 5. The van der Waals surface area contributed by atoms with Gasteiger partial charge in [-0.1, -0.05) is 83.6 Å². The van der Waals surface area contributed by atoms with Crippen LogP contribution in [0.25, 0.3) is 0 Å². The van der Waals surface area contributed by atoms with Crippen LogP contribution in [-0.4, -0.2) is 13.1 Å². The summed E-state index contributed by atoms with van der Waals surface area (Å²) in [5.41, 5.74) is 2.90. The Morgan fingerprint density at radius 1 is 0.905 bits per heavy atom. The number of hydrogen-bond donors (Lipinski definition) is 1. The van der Waals surface area contributed by atoms with Crippen molar-refractivity contribution in [2.75, 3.05) is 7.05 Å². The average molecular weight is 290 g/mol. The second-order valence-electron chi connectivity index (χ2n) is 6.64. The Balaban J connectivity index is 2.29. The first kappa shape index (κ1) is 18.2. The molecule has 0 aliphatic heterocycles. The van der Waals surface area contributed by atoms with E-state index in [-0.39, 0.29) is 0 Å². The van der Waals surface area contributed by atoms with E-state index in [2.05, 4.69) is 57.4 Å². The molecular formula is C20H35N. The summed E-state index contributed by atoms with van der Waals surface area (Å²) in [6.07, 6.45) is 10.8. The van der Waals surface area contributed by atoms with Crippen LogP contribution in [0.4, 0.5) is 0 Å². The van der Waals surface area contributed by atoms with Gasteiger partial charge >= 0.3 is 0 Å². The van der Waals surface area contributed by atoms with Crippen molar-refractivity contribution in [3.8, 4) is 0 Å². The first-order valence-electron chi connectivity index (χ1n) is 8.93. The quantitative estimate of drug-likeness (QED) is 0.516. The summed E-state index contributed by atoms with van der Waals surface area (Å²) in [6.45, 7) is 6.79. The normalized spacial score (nSPS) is 12.8. The molecule has 1 rings (SSSR count). The molecule has 1 nitrogen and oxygen atoms in total. The van der Waals surface area contributed by atoms with Gasteiger partial charge in [0.25, 0.3) is 0 Å². The van der Waals surface area contributed by atoms with Crippen molar-refractivity contribution >= 4 is 0 Å². The van der Waals surface area contributed by atoms with Crippen molar-refractivity contribution in [1.82, 2.24) is 5.32 Å². The summed E-state index contributed by atoms with van der Waals surface area (Å²) in [6, 6.07) is 9.82. The lowest BCUT2D eigenvalue weighted by Gasteiger charge is -2.17. The third-order valence-corrected chi connectivity index (χ3v) is 4.44. The van der Waals surface area contributed by atoms with Gasteiger partial charge in [-0.2, -0.15) is 0 Å². The second-order valence-corrected chi connectivity index (χ2v) is 6.64. The molecule has 0 spiro atoms. The summed E-state index contributed by atoms with van der Waals surface area (Å²) in [4.78, 5) is 0. The fourth-order valence-corrected chi connectivity index (χ4v) is 2.84. The molecule has 0 aromatic heterocycles. The number of nitrogens with one attached hydrogen (secondary N) is 1. The van der Waals surface area contributed by atoms with Crippen molar-refractivity contribution in [3.05, 3.63) is 35.4 Å². The van der Waals surface area contributed by atoms with Gasteiger partial charge < -0.3 is 5.32 Å². The van der Waals surface area contributed by atoms with E-state index >= 15 is 0 Å². The van der Waals surface area contributed by atoms with Crippen molar-refractivity contribution in [2.45, 2.75) is 84.1 Å². The van der Waals surface area contributed by atoms with Crippen LogP contribution in [-0.2, 0) is 6.42 Å². The van der Waals surface area contributed by atoms with Crippen molar-refractivity contribution in [1.29, 1.82) is 0 Å². The number of benzene rings is 1. The Morgan fingerprint density at radius 2 is 1.52 bits per heavy atom. The first-order chi connectivity index (χ1) is 10.2. The number of hydrogen-bond acceptors (Lipinski definition) is 1. The van der Waals surface area contributed by atoms with Gasteiger partial charge in [0.1, 0.15) is 0 Å². The predicted octanol–water partition coefficient (Wildman–Crippen LogP) is 5.69. The Morgan fingerprint density at radius 3 is 2.10 bits per heavy atom. The van der Waals surface area contributed by atoms with Gasteiger partial charge in [0.15, 0.2) is 0 Å². The molecule has 0 aliphatic rings. The maximum atomic E-state index is 3.49. The van der Waals surface area contributed by atoms with Crippen LogP contribution in [0.2, 0.25) is 0 Å². The van der Waals surface area contributed by atoms with Crippen LogP contribution in [0.15, 0.2) is 24.3 Å². The molecule has 1 N–H and O–H groups in total. The average Bonchev–Trinajstić information content (AvgIpc) is 2.50. The van der Waals surface area contributed by atoms with Gasteiger partial charge in [0, 0.05) is 6.04 Å². The molecule has 0 bridgehead atoms. The standard InChI is InChI=1S/C20H35N/c1-5-6-7-8-9-10-11-20(21-4)16-18-12-14-19(15-13-18)17(2)3/h12-15,17,20-21H,5-11,16H2,1-4H3. The van der Waals surface area contributed by atoms with Gasteiger partial charge in [-0.15, -0.1) is 0 Å². The summed E-state index contributed by atoms with van der Waals surface area (Å²) < 4.78 is 0. The Hall–Kier alpha value is -0.820. The Bertz CT molecular complexity index is 353. The van der Waals surface area contributed by atoms with Gasteiger partial charge in [0.05, 0.1) is 0 Å². The number of rotatable bonds is 11. The molecule has 0 radical (unpaired) electrons. The lowest BCUT2D eigenvalue weighted by molar-refractivity contribution is 0.480. The molecule has 1 aromatic rings. The molecular weight excluding hydrogens is 254 g/mol. The van der Waals surface area contributed by atoms with E-state index in [0.717, 1.165) is 6.42 Å². The van der Waals surface area contributed by atoms with E-state index in [1.54, 1.807) is 0 Å². The fraction of sp³-hybridized carbons (Fsp3) is 0.700. The van der Waals surface area contributed by atoms with E-state index in [1.807, 2.05) is 0 Å². The summed E-state index contributed by atoms with van der Waals surface area (Å²) >= 11 is 0. The van der Waals surface area contributed by atoms with Gasteiger partial charge in [-0.25, -0.2) is 0 Å². The van der Waals surface area contributed by atoms with Crippen LogP contribution >= 0.6 is 0 Å². The van der Waals surface area contributed by atoms with E-state index in [0.29, 0.717) is 12.0 Å². The highest BCUT2D eigenvalue weighted by atomic mass is 14.9. The van der Waals surface area contributed by atoms with E-state index < -0.39 is 0 Å². The van der Waals surface area contributed by atoms with Gasteiger partial charge in [-0.3, -0.25) is 0 Å². The smallest absolute Gasteiger partial charge is 0.0104 e. The van der Waals surface area contributed by atoms with Crippen LogP contribution in [0, 0.1) is 0 Å². The summed E-state index contributed by atoms with van der Waals surface area (Å²) in [7, 11) is 2.10. The van der Waals surface area contributed by atoms with Crippen molar-refractivity contribution in [3.63, 3.8) is 0 Å². The van der Waals surface area contributed by atoms with Crippen molar-refractivity contribution in [2.24, 2.45) is 0 Å². The molecule has 0 saturated heterocycles. The first-order valence-corrected chi connectivity index (χ1v) is 8.93. The zero-order chi connectivity index (χ0) is 15.5. The highest BCUT2D eigenvalue weighted by molar-refractivity contribution is 5.25. The lowest BCUT2D eigenvalue weighted by Crippen LogP contribution is -2.27. The molecule has 1 heteroatoms. The van der Waals surface area contributed by atoms with E-state index in [1.165, 1.54) is 56.1 Å². The monoisotopic (exact) mass is 289 g/mol. The summed E-state index contributed by atoms with van der Waals surface area (Å²) in [5, 5.41) is 3.49. The molecule has 1 atom stereocenters. The molecule has 0 heterocycles. The maximum Gasteiger partial charge on any atom is 0.0104 e. The second kappa shape index (κ2) is 10.8. The maximum absolute atomic E-state index is 3.49. The Labute approximate surface area is 132 Å². The minimum Gasteiger partial charge on any atom is -0.317 e. The third kappa shape index (κ3) is 7.66. The van der Waals surface area contributed by atoms with Crippen LogP contribution in [0.5, 0.6) is 0 Å². The fourth-order valence-electron chi connectivity index (χ4n) is 2.84. The lowest BCUT2D eigenvalue weighted by atomic mass is 9.97. The molecule has 21 heavy (non-hydrogen) atoms. The minimum absolute atomic E-state index is 0.626. The van der Waals surface area contributed by atoms with Gasteiger partial charge in [0.2, 0.25) is 0 Å². The summed E-state index contributed by atoms with van der Waals surface area (Å²) in [5.74, 6) is 0.627.